The molecule has 144 valence electrons. The molecule has 0 N–H and O–H groups in total. The van der Waals surface area contributed by atoms with Crippen LogP contribution in [0.4, 0.5) is 4.39 Å². The third-order valence-corrected chi connectivity index (χ3v) is 4.23. The van der Waals surface area contributed by atoms with Crippen LogP contribution in [0.5, 0.6) is 11.5 Å². The fraction of sp³-hybridized carbons (Fsp3) is 0.174. The van der Waals surface area contributed by atoms with Crippen LogP contribution in [0.2, 0.25) is 0 Å². The van der Waals surface area contributed by atoms with E-state index in [-0.39, 0.29) is 24.9 Å². The average molecular weight is 379 g/mol. The van der Waals surface area contributed by atoms with Gasteiger partial charge in [-0.1, -0.05) is 48.5 Å². The maximum Gasteiger partial charge on any atom is 0.260 e. The number of carbonyl (C=O) groups is 1. The first-order valence-corrected chi connectivity index (χ1v) is 8.99. The Morgan fingerprint density at radius 2 is 1.46 bits per heavy atom. The molecule has 0 saturated heterocycles. The van der Waals surface area contributed by atoms with Crippen LogP contribution in [-0.2, 0) is 17.9 Å². The van der Waals surface area contributed by atoms with Crippen LogP contribution < -0.4 is 9.47 Å². The molecule has 0 radical (unpaired) electrons. The predicted octanol–water partition coefficient (Wildman–Crippen LogP) is 4.44. The maximum atomic E-state index is 13.7. The van der Waals surface area contributed by atoms with E-state index in [4.69, 9.17) is 9.47 Å². The lowest BCUT2D eigenvalue weighted by Crippen LogP contribution is -2.31. The van der Waals surface area contributed by atoms with E-state index in [1.165, 1.54) is 11.0 Å². The molecule has 0 spiro atoms. The molecule has 0 aliphatic carbocycles. The van der Waals surface area contributed by atoms with Gasteiger partial charge in [-0.15, -0.1) is 0 Å². The van der Waals surface area contributed by atoms with Crippen molar-refractivity contribution in [1.29, 1.82) is 0 Å². The Balaban J connectivity index is 1.46. The molecule has 28 heavy (non-hydrogen) atoms. The first kappa shape index (κ1) is 19.4. The zero-order valence-electron chi connectivity index (χ0n) is 15.7. The third-order valence-electron chi connectivity index (χ3n) is 4.23. The van der Waals surface area contributed by atoms with Gasteiger partial charge < -0.3 is 14.4 Å². The van der Waals surface area contributed by atoms with E-state index in [0.717, 1.165) is 11.3 Å². The van der Waals surface area contributed by atoms with Gasteiger partial charge in [0.2, 0.25) is 0 Å². The molecule has 0 unspecified atom stereocenters. The van der Waals surface area contributed by atoms with Gasteiger partial charge >= 0.3 is 0 Å². The summed E-state index contributed by atoms with van der Waals surface area (Å²) in [6.07, 6.45) is 0. The number of benzene rings is 3. The zero-order valence-corrected chi connectivity index (χ0v) is 15.7. The Hall–Kier alpha value is -3.34. The zero-order chi connectivity index (χ0) is 19.8. The highest BCUT2D eigenvalue weighted by Crippen LogP contribution is 2.19. The van der Waals surface area contributed by atoms with Crippen LogP contribution >= 0.6 is 0 Å². The van der Waals surface area contributed by atoms with E-state index in [1.807, 2.05) is 30.3 Å². The van der Waals surface area contributed by atoms with E-state index in [2.05, 4.69) is 0 Å². The molecule has 3 aromatic rings. The Labute approximate surface area is 164 Å². The summed E-state index contributed by atoms with van der Waals surface area (Å²) in [5, 5.41) is 0. The van der Waals surface area contributed by atoms with Gasteiger partial charge in [0.05, 0.1) is 0 Å². The minimum atomic E-state index is -0.325. The molecule has 0 saturated carbocycles. The second-order valence-corrected chi connectivity index (χ2v) is 6.38. The lowest BCUT2D eigenvalue weighted by Gasteiger charge is -2.18. The van der Waals surface area contributed by atoms with Crippen LogP contribution in [0.1, 0.15) is 11.1 Å². The Kier molecular flexibility index (Phi) is 6.63. The van der Waals surface area contributed by atoms with Crippen LogP contribution in [0, 0.1) is 5.82 Å². The molecule has 0 heterocycles. The largest absolute Gasteiger partial charge is 0.489 e. The standard InChI is InChI=1S/C23H22FNO3/c1-25(15-19-9-5-6-10-22(19)24)23(26)17-28-21-13-11-20(12-14-21)27-16-18-7-3-2-4-8-18/h2-14H,15-17H2,1H3. The van der Waals surface area contributed by atoms with E-state index >= 15 is 0 Å². The minimum absolute atomic E-state index is 0.116. The molecule has 1 amide bonds. The van der Waals surface area contributed by atoms with Gasteiger partial charge in [0, 0.05) is 19.2 Å². The van der Waals surface area contributed by atoms with Gasteiger partial charge in [0.15, 0.2) is 6.61 Å². The van der Waals surface area contributed by atoms with E-state index in [1.54, 1.807) is 49.5 Å². The van der Waals surface area contributed by atoms with Crippen molar-refractivity contribution >= 4 is 5.91 Å². The average Bonchev–Trinajstić information content (AvgIpc) is 2.73. The number of nitrogens with zero attached hydrogens (tertiary/aromatic N) is 1. The van der Waals surface area contributed by atoms with Crippen molar-refractivity contribution in [3.05, 3.63) is 95.8 Å². The lowest BCUT2D eigenvalue weighted by molar-refractivity contribution is -0.132. The van der Waals surface area contributed by atoms with Crippen molar-refractivity contribution in [1.82, 2.24) is 4.90 Å². The first-order valence-electron chi connectivity index (χ1n) is 8.99. The molecule has 0 aromatic heterocycles. The van der Waals surface area contributed by atoms with Crippen LogP contribution in [0.25, 0.3) is 0 Å². The van der Waals surface area contributed by atoms with E-state index < -0.39 is 0 Å². The Bertz CT molecular complexity index is 897. The summed E-state index contributed by atoms with van der Waals surface area (Å²) >= 11 is 0. The summed E-state index contributed by atoms with van der Waals surface area (Å²) in [4.78, 5) is 13.7. The molecule has 3 aromatic carbocycles. The van der Waals surface area contributed by atoms with Crippen molar-refractivity contribution in [2.75, 3.05) is 13.7 Å². The molecule has 5 heteroatoms. The monoisotopic (exact) mass is 379 g/mol. The number of hydrogen-bond acceptors (Lipinski definition) is 3. The van der Waals surface area contributed by atoms with Crippen molar-refractivity contribution in [2.24, 2.45) is 0 Å². The van der Waals surface area contributed by atoms with E-state index in [0.29, 0.717) is 17.9 Å². The van der Waals surface area contributed by atoms with E-state index in [9.17, 15) is 9.18 Å². The normalized spacial score (nSPS) is 10.4. The van der Waals surface area contributed by atoms with Crippen molar-refractivity contribution in [3.8, 4) is 11.5 Å². The minimum Gasteiger partial charge on any atom is -0.489 e. The molecule has 0 aliphatic heterocycles. The topological polar surface area (TPSA) is 38.8 Å². The maximum absolute atomic E-state index is 13.7. The van der Waals surface area contributed by atoms with Crippen molar-refractivity contribution < 1.29 is 18.7 Å². The molecule has 0 fully saturated rings. The molecule has 3 rings (SSSR count). The number of carbonyl (C=O) groups excluding carboxylic acids is 1. The lowest BCUT2D eigenvalue weighted by atomic mass is 10.2. The third kappa shape index (κ3) is 5.58. The number of rotatable bonds is 8. The fourth-order valence-electron chi connectivity index (χ4n) is 2.60. The highest BCUT2D eigenvalue weighted by Gasteiger charge is 2.12. The Morgan fingerprint density at radius 3 is 2.14 bits per heavy atom. The highest BCUT2D eigenvalue weighted by atomic mass is 19.1. The number of likely N-dealkylation sites (N-methyl/N-ethyl adjacent to an activating group) is 1. The summed E-state index contributed by atoms with van der Waals surface area (Å²) in [5.41, 5.74) is 1.56. The van der Waals surface area contributed by atoms with Gasteiger partial charge in [0.1, 0.15) is 23.9 Å². The summed E-state index contributed by atoms with van der Waals surface area (Å²) < 4.78 is 24.9. The highest BCUT2D eigenvalue weighted by molar-refractivity contribution is 5.77. The van der Waals surface area contributed by atoms with Gasteiger partial charge in [-0.05, 0) is 35.9 Å². The number of halogens is 1. The fourth-order valence-corrected chi connectivity index (χ4v) is 2.60. The molecule has 0 atom stereocenters. The summed E-state index contributed by atoms with van der Waals surface area (Å²) in [6, 6.07) is 23.4. The van der Waals surface area contributed by atoms with Crippen LogP contribution in [-0.4, -0.2) is 24.5 Å². The summed E-state index contributed by atoms with van der Waals surface area (Å²) in [5.74, 6) is 0.737. The predicted molar refractivity (Wildman–Crippen MR) is 106 cm³/mol. The van der Waals surface area contributed by atoms with Crippen LogP contribution in [0.3, 0.4) is 0 Å². The molecule has 0 bridgehead atoms. The molecule has 4 nitrogen and oxygen atoms in total. The van der Waals surface area contributed by atoms with Crippen molar-refractivity contribution in [2.45, 2.75) is 13.2 Å². The summed E-state index contributed by atoms with van der Waals surface area (Å²) in [7, 11) is 1.62. The number of amides is 1. The van der Waals surface area contributed by atoms with Gasteiger partial charge in [-0.25, -0.2) is 4.39 Å². The second-order valence-electron chi connectivity index (χ2n) is 6.38. The quantitative estimate of drug-likeness (QED) is 0.581. The summed E-state index contributed by atoms with van der Waals surface area (Å²) in [6.45, 7) is 0.566. The smallest absolute Gasteiger partial charge is 0.260 e. The van der Waals surface area contributed by atoms with Gasteiger partial charge in [-0.2, -0.15) is 0 Å². The van der Waals surface area contributed by atoms with Gasteiger partial charge in [-0.3, -0.25) is 4.79 Å². The van der Waals surface area contributed by atoms with Crippen molar-refractivity contribution in [3.63, 3.8) is 0 Å². The van der Waals surface area contributed by atoms with Crippen LogP contribution in [0.15, 0.2) is 78.9 Å². The molecular formula is C23H22FNO3. The SMILES string of the molecule is CN(Cc1ccccc1F)C(=O)COc1ccc(OCc2ccccc2)cc1. The molecular weight excluding hydrogens is 357 g/mol. The Morgan fingerprint density at radius 1 is 0.857 bits per heavy atom. The molecule has 0 aliphatic rings. The number of hydrogen-bond donors (Lipinski definition) is 0. The first-order chi connectivity index (χ1) is 13.6. The second kappa shape index (κ2) is 9.55. The van der Waals surface area contributed by atoms with Gasteiger partial charge in [0.25, 0.3) is 5.91 Å². The number of ether oxygens (including phenoxy) is 2.